The number of pyridine rings is 1. The lowest BCUT2D eigenvalue weighted by molar-refractivity contribution is 0.0769. The van der Waals surface area contributed by atoms with Crippen LogP contribution in [0.4, 0.5) is 5.82 Å². The topological polar surface area (TPSA) is 93.4 Å². The van der Waals surface area contributed by atoms with E-state index in [0.29, 0.717) is 18.5 Å². The van der Waals surface area contributed by atoms with Crippen molar-refractivity contribution in [2.24, 2.45) is 0 Å². The molecule has 0 atom stereocenters. The van der Waals surface area contributed by atoms with Crippen molar-refractivity contribution in [1.82, 2.24) is 9.88 Å². The number of nitrogens with two attached hydrogens (primary N) is 1. The number of hydrogen-bond donors (Lipinski definition) is 1. The zero-order valence-corrected chi connectivity index (χ0v) is 10.7. The van der Waals surface area contributed by atoms with Gasteiger partial charge in [0.2, 0.25) is 0 Å². The van der Waals surface area contributed by atoms with E-state index in [0.717, 1.165) is 0 Å². The number of carbonyl (C=O) groups is 1. The molecule has 0 spiro atoms. The summed E-state index contributed by atoms with van der Waals surface area (Å²) in [5, 5.41) is 0. The predicted octanol–water partition coefficient (Wildman–Crippen LogP) is -0.0755. The van der Waals surface area contributed by atoms with E-state index in [2.05, 4.69) is 4.98 Å². The van der Waals surface area contributed by atoms with Gasteiger partial charge in [-0.3, -0.25) is 4.79 Å². The second kappa shape index (κ2) is 4.93. The highest BCUT2D eigenvalue weighted by Gasteiger charge is 2.24. The second-order valence-electron chi connectivity index (χ2n) is 4.23. The highest BCUT2D eigenvalue weighted by atomic mass is 32.2. The predicted molar refractivity (Wildman–Crippen MR) is 67.8 cm³/mol. The lowest BCUT2D eigenvalue weighted by atomic mass is 10.2. The van der Waals surface area contributed by atoms with Crippen LogP contribution < -0.4 is 5.73 Å². The van der Waals surface area contributed by atoms with Crippen LogP contribution in [0.15, 0.2) is 18.3 Å². The lowest BCUT2D eigenvalue weighted by Crippen LogP contribution is -2.34. The molecule has 2 heterocycles. The Bertz CT molecular complexity index is 556. The molecule has 6 nitrogen and oxygen atoms in total. The fourth-order valence-corrected chi connectivity index (χ4v) is 3.18. The first kappa shape index (κ1) is 12.8. The van der Waals surface area contributed by atoms with Crippen molar-refractivity contribution < 1.29 is 13.2 Å². The van der Waals surface area contributed by atoms with Crippen LogP contribution in [0.25, 0.3) is 0 Å². The van der Waals surface area contributed by atoms with Gasteiger partial charge < -0.3 is 10.6 Å². The van der Waals surface area contributed by atoms with Crippen molar-refractivity contribution in [3.8, 4) is 0 Å². The van der Waals surface area contributed by atoms with Crippen molar-refractivity contribution in [2.75, 3.05) is 30.3 Å². The number of hydrogen-bond acceptors (Lipinski definition) is 5. The first-order valence-electron chi connectivity index (χ1n) is 5.70. The largest absolute Gasteiger partial charge is 0.383 e. The number of amides is 1. The maximum absolute atomic E-state index is 12.2. The molecule has 0 aromatic carbocycles. The Balaban J connectivity index is 2.17. The highest BCUT2D eigenvalue weighted by Crippen LogP contribution is 2.13. The number of rotatable bonds is 1. The lowest BCUT2D eigenvalue weighted by Gasteiger charge is -2.20. The van der Waals surface area contributed by atoms with Gasteiger partial charge in [0.05, 0.1) is 17.1 Å². The molecule has 2 rings (SSSR count). The SMILES string of the molecule is Nc1ncccc1C(=O)N1CCCS(=O)(=O)CC1. The van der Waals surface area contributed by atoms with Crippen molar-refractivity contribution in [2.45, 2.75) is 6.42 Å². The molecule has 0 aliphatic carbocycles. The Labute approximate surface area is 106 Å². The summed E-state index contributed by atoms with van der Waals surface area (Å²) in [4.78, 5) is 17.6. The number of sulfone groups is 1. The van der Waals surface area contributed by atoms with Gasteiger partial charge in [0.1, 0.15) is 5.82 Å². The summed E-state index contributed by atoms with van der Waals surface area (Å²) < 4.78 is 22.9. The number of nitrogen functional groups attached to an aromatic ring is 1. The molecule has 2 N–H and O–H groups in total. The van der Waals surface area contributed by atoms with Gasteiger partial charge in [-0.1, -0.05) is 0 Å². The minimum Gasteiger partial charge on any atom is -0.383 e. The van der Waals surface area contributed by atoms with E-state index in [4.69, 9.17) is 5.73 Å². The molecular weight excluding hydrogens is 254 g/mol. The average Bonchev–Trinajstić information content (AvgIpc) is 2.50. The molecule has 18 heavy (non-hydrogen) atoms. The van der Waals surface area contributed by atoms with Gasteiger partial charge in [0, 0.05) is 19.3 Å². The Hall–Kier alpha value is -1.63. The van der Waals surface area contributed by atoms with Crippen LogP contribution in [0.3, 0.4) is 0 Å². The molecule has 0 radical (unpaired) electrons. The van der Waals surface area contributed by atoms with Crippen LogP contribution in [0.1, 0.15) is 16.8 Å². The van der Waals surface area contributed by atoms with Gasteiger partial charge in [-0.15, -0.1) is 0 Å². The van der Waals surface area contributed by atoms with Crippen molar-refractivity contribution in [3.63, 3.8) is 0 Å². The first-order chi connectivity index (χ1) is 8.49. The molecular formula is C11H15N3O3S. The molecule has 1 aliphatic rings. The molecule has 1 aromatic heterocycles. The van der Waals surface area contributed by atoms with Gasteiger partial charge in [-0.05, 0) is 18.6 Å². The molecule has 7 heteroatoms. The van der Waals surface area contributed by atoms with E-state index in [1.165, 1.54) is 11.1 Å². The summed E-state index contributed by atoms with van der Waals surface area (Å²) in [5.41, 5.74) is 5.97. The maximum Gasteiger partial charge on any atom is 0.257 e. The number of carbonyl (C=O) groups excluding carboxylic acids is 1. The normalized spacial score (nSPS) is 19.2. The fraction of sp³-hybridized carbons (Fsp3) is 0.455. The Kier molecular flexibility index (Phi) is 3.51. The van der Waals surface area contributed by atoms with Crippen molar-refractivity contribution in [3.05, 3.63) is 23.9 Å². The number of nitrogens with zero attached hydrogens (tertiary/aromatic N) is 2. The Morgan fingerprint density at radius 1 is 1.33 bits per heavy atom. The summed E-state index contributed by atoms with van der Waals surface area (Å²) in [5.74, 6) is 0.0744. The quantitative estimate of drug-likeness (QED) is 0.770. The summed E-state index contributed by atoms with van der Waals surface area (Å²) in [6, 6.07) is 3.24. The summed E-state index contributed by atoms with van der Waals surface area (Å²) in [6.07, 6.45) is 1.98. The fourth-order valence-electron chi connectivity index (χ4n) is 1.91. The third-order valence-electron chi connectivity index (χ3n) is 2.91. The molecule has 1 aromatic rings. The van der Waals surface area contributed by atoms with E-state index < -0.39 is 9.84 Å². The zero-order valence-electron chi connectivity index (χ0n) is 9.87. The molecule has 1 saturated heterocycles. The molecule has 0 saturated carbocycles. The Morgan fingerprint density at radius 3 is 2.83 bits per heavy atom. The van der Waals surface area contributed by atoms with Crippen LogP contribution in [0, 0.1) is 0 Å². The first-order valence-corrected chi connectivity index (χ1v) is 7.52. The summed E-state index contributed by atoms with van der Waals surface area (Å²) >= 11 is 0. The monoisotopic (exact) mass is 269 g/mol. The molecule has 98 valence electrons. The van der Waals surface area contributed by atoms with Gasteiger partial charge in [0.25, 0.3) is 5.91 Å². The van der Waals surface area contributed by atoms with Crippen LogP contribution >= 0.6 is 0 Å². The van der Waals surface area contributed by atoms with Gasteiger partial charge in [-0.25, -0.2) is 13.4 Å². The van der Waals surface area contributed by atoms with Crippen LogP contribution in [0.2, 0.25) is 0 Å². The Morgan fingerprint density at radius 2 is 2.11 bits per heavy atom. The van der Waals surface area contributed by atoms with E-state index in [1.54, 1.807) is 12.1 Å². The van der Waals surface area contributed by atoms with Crippen molar-refractivity contribution in [1.29, 1.82) is 0 Å². The van der Waals surface area contributed by atoms with E-state index in [-0.39, 0.29) is 29.8 Å². The molecule has 0 bridgehead atoms. The molecule has 0 unspecified atom stereocenters. The summed E-state index contributed by atoms with van der Waals surface area (Å²) in [6.45, 7) is 0.655. The smallest absolute Gasteiger partial charge is 0.257 e. The van der Waals surface area contributed by atoms with Gasteiger partial charge in [0.15, 0.2) is 9.84 Å². The van der Waals surface area contributed by atoms with Crippen LogP contribution in [-0.2, 0) is 9.84 Å². The third kappa shape index (κ3) is 2.79. The van der Waals surface area contributed by atoms with Crippen molar-refractivity contribution >= 4 is 21.6 Å². The zero-order chi connectivity index (χ0) is 13.2. The number of anilines is 1. The van der Waals surface area contributed by atoms with Crippen LogP contribution in [-0.4, -0.2) is 48.8 Å². The second-order valence-corrected chi connectivity index (χ2v) is 6.54. The third-order valence-corrected chi connectivity index (χ3v) is 4.63. The molecule has 1 amide bonds. The van der Waals surface area contributed by atoms with E-state index >= 15 is 0 Å². The average molecular weight is 269 g/mol. The minimum absolute atomic E-state index is 0.0128. The van der Waals surface area contributed by atoms with E-state index in [1.807, 2.05) is 0 Å². The maximum atomic E-state index is 12.2. The highest BCUT2D eigenvalue weighted by molar-refractivity contribution is 7.91. The molecule has 1 fully saturated rings. The standard InChI is InChI=1S/C11H15N3O3S/c12-10-9(3-1-4-13-10)11(15)14-5-2-7-18(16,17)8-6-14/h1,3-4H,2,5-8H2,(H2,12,13). The molecule has 1 aliphatic heterocycles. The van der Waals surface area contributed by atoms with E-state index in [9.17, 15) is 13.2 Å². The number of aromatic nitrogens is 1. The summed E-state index contributed by atoms with van der Waals surface area (Å²) in [7, 11) is -3.02. The van der Waals surface area contributed by atoms with Gasteiger partial charge >= 0.3 is 0 Å². The van der Waals surface area contributed by atoms with Crippen LogP contribution in [0.5, 0.6) is 0 Å². The van der Waals surface area contributed by atoms with Gasteiger partial charge in [-0.2, -0.15) is 0 Å². The minimum atomic E-state index is -3.02.